The van der Waals surface area contributed by atoms with Gasteiger partial charge in [-0.2, -0.15) is 13.2 Å². The SMILES string of the molecule is C=C(C=O)OCC(F)(F)F. The smallest absolute Gasteiger partial charge is 0.422 e. The normalized spacial score (nSPS) is 10.7. The van der Waals surface area contributed by atoms with E-state index in [-0.39, 0.29) is 6.29 Å². The van der Waals surface area contributed by atoms with Gasteiger partial charge in [-0.05, 0) is 0 Å². The van der Waals surface area contributed by atoms with Crippen LogP contribution in [-0.4, -0.2) is 19.1 Å². The quantitative estimate of drug-likeness (QED) is 0.347. The number of alkyl halides is 3. The topological polar surface area (TPSA) is 26.3 Å². The Morgan fingerprint density at radius 1 is 1.60 bits per heavy atom. The molecule has 0 spiro atoms. The fourth-order valence-corrected chi connectivity index (χ4v) is 0.209. The van der Waals surface area contributed by atoms with Crippen LogP contribution in [-0.2, 0) is 9.53 Å². The van der Waals surface area contributed by atoms with Gasteiger partial charge < -0.3 is 4.74 Å². The van der Waals surface area contributed by atoms with Crippen LogP contribution in [0.1, 0.15) is 0 Å². The van der Waals surface area contributed by atoms with E-state index < -0.39 is 18.5 Å². The number of halogens is 3. The van der Waals surface area contributed by atoms with Crippen LogP contribution in [0.25, 0.3) is 0 Å². The van der Waals surface area contributed by atoms with Gasteiger partial charge in [-0.1, -0.05) is 6.58 Å². The first kappa shape index (κ1) is 9.00. The molecule has 0 N–H and O–H groups in total. The summed E-state index contributed by atoms with van der Waals surface area (Å²) in [5.41, 5.74) is 0. The standard InChI is InChI=1S/C5H5F3O2/c1-4(2-9)10-3-5(6,7)8/h2H,1,3H2. The van der Waals surface area contributed by atoms with Crippen molar-refractivity contribution in [1.82, 2.24) is 0 Å². The molecule has 0 saturated heterocycles. The highest BCUT2D eigenvalue weighted by molar-refractivity contribution is 5.68. The molecule has 0 unspecified atom stereocenters. The summed E-state index contributed by atoms with van der Waals surface area (Å²) in [7, 11) is 0. The van der Waals surface area contributed by atoms with Crippen LogP contribution in [0.2, 0.25) is 0 Å². The summed E-state index contributed by atoms with van der Waals surface area (Å²) in [6.45, 7) is 1.42. The summed E-state index contributed by atoms with van der Waals surface area (Å²) < 4.78 is 37.7. The van der Waals surface area contributed by atoms with E-state index in [0.29, 0.717) is 0 Å². The van der Waals surface area contributed by atoms with Gasteiger partial charge in [0.15, 0.2) is 18.7 Å². The summed E-state index contributed by atoms with van der Waals surface area (Å²) in [6, 6.07) is 0. The Kier molecular flexibility index (Phi) is 2.92. The molecule has 0 saturated carbocycles. The fourth-order valence-electron chi connectivity index (χ4n) is 0.209. The van der Waals surface area contributed by atoms with Crippen molar-refractivity contribution in [3.63, 3.8) is 0 Å². The first-order valence-electron chi connectivity index (χ1n) is 2.29. The van der Waals surface area contributed by atoms with Gasteiger partial charge in [-0.25, -0.2) is 0 Å². The minimum Gasteiger partial charge on any atom is -0.481 e. The molecule has 0 aliphatic carbocycles. The molecule has 2 nitrogen and oxygen atoms in total. The summed E-state index contributed by atoms with van der Waals surface area (Å²) in [4.78, 5) is 9.63. The number of hydrogen-bond acceptors (Lipinski definition) is 2. The van der Waals surface area contributed by atoms with E-state index >= 15 is 0 Å². The van der Waals surface area contributed by atoms with E-state index in [2.05, 4.69) is 11.3 Å². The van der Waals surface area contributed by atoms with E-state index in [1.807, 2.05) is 0 Å². The number of aldehydes is 1. The zero-order valence-electron chi connectivity index (χ0n) is 4.94. The Morgan fingerprint density at radius 3 is 2.40 bits per heavy atom. The van der Waals surface area contributed by atoms with Gasteiger partial charge in [0.2, 0.25) is 0 Å². The van der Waals surface area contributed by atoms with E-state index in [9.17, 15) is 18.0 Å². The average molecular weight is 154 g/mol. The molecule has 0 aliphatic rings. The van der Waals surface area contributed by atoms with Crippen LogP contribution in [0.4, 0.5) is 13.2 Å². The summed E-state index contributed by atoms with van der Waals surface area (Å²) in [6.07, 6.45) is -4.29. The number of carbonyl (C=O) groups is 1. The molecular weight excluding hydrogens is 149 g/mol. The largest absolute Gasteiger partial charge is 0.481 e. The molecule has 0 bridgehead atoms. The van der Waals surface area contributed by atoms with Gasteiger partial charge in [-0.3, -0.25) is 4.79 Å². The third-order valence-electron chi connectivity index (χ3n) is 0.553. The Morgan fingerprint density at radius 2 is 2.10 bits per heavy atom. The van der Waals surface area contributed by atoms with E-state index in [0.717, 1.165) is 0 Å². The molecule has 0 amide bonds. The average Bonchev–Trinajstić information content (AvgIpc) is 1.81. The number of rotatable bonds is 3. The molecule has 0 aromatic rings. The van der Waals surface area contributed by atoms with Crippen molar-refractivity contribution in [1.29, 1.82) is 0 Å². The van der Waals surface area contributed by atoms with Crippen LogP contribution < -0.4 is 0 Å². The molecular formula is C5H5F3O2. The van der Waals surface area contributed by atoms with Crippen LogP contribution in [0.3, 0.4) is 0 Å². The van der Waals surface area contributed by atoms with Crippen molar-refractivity contribution in [2.24, 2.45) is 0 Å². The molecule has 0 fully saturated rings. The zero-order chi connectivity index (χ0) is 8.20. The lowest BCUT2D eigenvalue weighted by Gasteiger charge is -2.06. The Bertz CT molecular complexity index is 138. The number of allylic oxidation sites excluding steroid dienone is 1. The lowest BCUT2D eigenvalue weighted by atomic mass is 10.6. The third kappa shape index (κ3) is 5.14. The first-order chi connectivity index (χ1) is 4.45. The Balaban J connectivity index is 3.55. The van der Waals surface area contributed by atoms with Crippen LogP contribution in [0.5, 0.6) is 0 Å². The van der Waals surface area contributed by atoms with E-state index in [1.54, 1.807) is 0 Å². The van der Waals surface area contributed by atoms with Crippen LogP contribution in [0.15, 0.2) is 12.3 Å². The second kappa shape index (κ2) is 3.24. The third-order valence-corrected chi connectivity index (χ3v) is 0.553. The minimum absolute atomic E-state index is 0.117. The number of ether oxygens (including phenoxy) is 1. The number of carbonyl (C=O) groups excluding carboxylic acids is 1. The van der Waals surface area contributed by atoms with Gasteiger partial charge in [0.05, 0.1) is 0 Å². The maximum atomic E-state index is 11.3. The van der Waals surface area contributed by atoms with Crippen LogP contribution >= 0.6 is 0 Å². The molecule has 0 aromatic carbocycles. The Hall–Kier alpha value is -1.00. The molecule has 0 rings (SSSR count). The predicted octanol–water partition coefficient (Wildman–Crippen LogP) is 1.28. The highest BCUT2D eigenvalue weighted by Crippen LogP contribution is 2.15. The van der Waals surface area contributed by atoms with Crippen molar-refractivity contribution in [3.05, 3.63) is 12.3 Å². The van der Waals surface area contributed by atoms with Gasteiger partial charge in [0, 0.05) is 0 Å². The summed E-state index contributed by atoms with van der Waals surface area (Å²) in [5, 5.41) is 0. The van der Waals surface area contributed by atoms with E-state index in [4.69, 9.17) is 0 Å². The summed E-state index contributed by atoms with van der Waals surface area (Å²) in [5.74, 6) is -0.516. The monoisotopic (exact) mass is 154 g/mol. The van der Waals surface area contributed by atoms with Gasteiger partial charge in [0.25, 0.3) is 0 Å². The fraction of sp³-hybridized carbons (Fsp3) is 0.400. The van der Waals surface area contributed by atoms with E-state index in [1.165, 1.54) is 0 Å². The minimum atomic E-state index is -4.41. The highest BCUT2D eigenvalue weighted by atomic mass is 19.4. The molecule has 0 aliphatic heterocycles. The van der Waals surface area contributed by atoms with Gasteiger partial charge in [-0.15, -0.1) is 0 Å². The zero-order valence-corrected chi connectivity index (χ0v) is 4.94. The maximum Gasteiger partial charge on any atom is 0.422 e. The summed E-state index contributed by atoms with van der Waals surface area (Å²) >= 11 is 0. The second-order valence-corrected chi connectivity index (χ2v) is 1.49. The maximum absolute atomic E-state index is 11.3. The first-order valence-corrected chi connectivity index (χ1v) is 2.29. The van der Waals surface area contributed by atoms with Gasteiger partial charge in [0.1, 0.15) is 0 Å². The molecule has 0 radical (unpaired) electrons. The molecule has 58 valence electrons. The van der Waals surface area contributed by atoms with Crippen LogP contribution in [0, 0.1) is 0 Å². The van der Waals surface area contributed by atoms with Crippen molar-refractivity contribution in [3.8, 4) is 0 Å². The van der Waals surface area contributed by atoms with Crippen molar-refractivity contribution >= 4 is 6.29 Å². The second-order valence-electron chi connectivity index (χ2n) is 1.49. The molecule has 5 heteroatoms. The number of hydrogen-bond donors (Lipinski definition) is 0. The Labute approximate surface area is 55.3 Å². The lowest BCUT2D eigenvalue weighted by Crippen LogP contribution is -2.16. The molecule has 0 aromatic heterocycles. The predicted molar refractivity (Wildman–Crippen MR) is 27.2 cm³/mol. The molecule has 10 heavy (non-hydrogen) atoms. The van der Waals surface area contributed by atoms with Gasteiger partial charge >= 0.3 is 6.18 Å². The molecule has 0 atom stereocenters. The lowest BCUT2D eigenvalue weighted by molar-refractivity contribution is -0.165. The molecule has 0 heterocycles. The highest BCUT2D eigenvalue weighted by Gasteiger charge is 2.28. The van der Waals surface area contributed by atoms with Crippen molar-refractivity contribution in [2.75, 3.05) is 6.61 Å². The van der Waals surface area contributed by atoms with Crippen molar-refractivity contribution < 1.29 is 22.7 Å². The van der Waals surface area contributed by atoms with Crippen molar-refractivity contribution in [2.45, 2.75) is 6.18 Å².